The van der Waals surface area contributed by atoms with Crippen LogP contribution in [0.15, 0.2) is 6.07 Å². The molecule has 0 saturated heterocycles. The van der Waals surface area contributed by atoms with Crippen molar-refractivity contribution in [3.05, 3.63) is 27.9 Å². The zero-order chi connectivity index (χ0) is 11.7. The Kier molecular flexibility index (Phi) is 4.58. The van der Waals surface area contributed by atoms with E-state index in [1.54, 1.807) is 6.07 Å². The predicted octanol–water partition coefficient (Wildman–Crippen LogP) is 1.70. The molecule has 0 aliphatic rings. The van der Waals surface area contributed by atoms with E-state index in [2.05, 4.69) is 0 Å². The van der Waals surface area contributed by atoms with E-state index in [1.165, 1.54) is 0 Å². The predicted molar refractivity (Wildman–Crippen MR) is 81.6 cm³/mol. The first-order chi connectivity index (χ1) is 6.86. The third kappa shape index (κ3) is 2.72. The molecule has 0 saturated carbocycles. The second-order valence-electron chi connectivity index (χ2n) is 2.64. The van der Waals surface area contributed by atoms with Gasteiger partial charge in [-0.2, -0.15) is 0 Å². The topological polar surface area (TPSA) is 86.2 Å². The van der Waals surface area contributed by atoms with Gasteiger partial charge in [-0.3, -0.25) is 9.59 Å². The van der Waals surface area contributed by atoms with E-state index in [0.29, 0.717) is 21.8 Å². The van der Waals surface area contributed by atoms with Gasteiger partial charge in [0.05, 0.1) is 11.1 Å². The summed E-state index contributed by atoms with van der Waals surface area (Å²) in [5, 5.41) is 0. The van der Waals surface area contributed by atoms with Crippen LogP contribution < -0.4 is 11.5 Å². The van der Waals surface area contributed by atoms with Crippen molar-refractivity contribution >= 4 is 79.6 Å². The van der Waals surface area contributed by atoms with Gasteiger partial charge in [-0.25, -0.2) is 0 Å². The number of amides is 2. The van der Waals surface area contributed by atoms with Crippen molar-refractivity contribution in [2.24, 2.45) is 11.5 Å². The van der Waals surface area contributed by atoms with Gasteiger partial charge >= 0.3 is 0 Å². The maximum Gasteiger partial charge on any atom is 0.250 e. The molecule has 1 aromatic rings. The molecule has 0 heterocycles. The number of halogens is 3. The highest BCUT2D eigenvalue weighted by Crippen LogP contribution is 2.27. The quantitative estimate of drug-likeness (QED) is 0.441. The molecule has 0 unspecified atom stereocenters. The molecule has 0 radical (unpaired) electrons. The minimum Gasteiger partial charge on any atom is -0.366 e. The van der Waals surface area contributed by atoms with E-state index in [-0.39, 0.29) is 0 Å². The molecule has 0 aliphatic carbocycles. The van der Waals surface area contributed by atoms with Gasteiger partial charge in [-0.05, 0) is 73.8 Å². The lowest BCUT2D eigenvalue weighted by atomic mass is 10.1. The van der Waals surface area contributed by atoms with E-state index in [1.807, 2.05) is 67.8 Å². The molecule has 2 amide bonds. The molecule has 0 fully saturated rings. The molecule has 7 heteroatoms. The van der Waals surface area contributed by atoms with Crippen LogP contribution in [0.2, 0.25) is 0 Å². The summed E-state index contributed by atoms with van der Waals surface area (Å²) in [6, 6.07) is 1.58. The van der Waals surface area contributed by atoms with Crippen molar-refractivity contribution in [1.82, 2.24) is 0 Å². The minimum atomic E-state index is -0.508. The van der Waals surface area contributed by atoms with Gasteiger partial charge in [-0.15, -0.1) is 0 Å². The summed E-state index contributed by atoms with van der Waals surface area (Å²) in [4.78, 5) is 22.3. The zero-order valence-corrected chi connectivity index (χ0v) is 13.7. The molecule has 4 N–H and O–H groups in total. The van der Waals surface area contributed by atoms with Gasteiger partial charge in [0.15, 0.2) is 0 Å². The lowest BCUT2D eigenvalue weighted by molar-refractivity contribution is 0.0986. The fourth-order valence-corrected chi connectivity index (χ4v) is 3.90. The third-order valence-electron chi connectivity index (χ3n) is 1.67. The van der Waals surface area contributed by atoms with Crippen LogP contribution >= 0.6 is 67.8 Å². The van der Waals surface area contributed by atoms with E-state index in [4.69, 9.17) is 11.5 Å². The largest absolute Gasteiger partial charge is 0.366 e. The summed E-state index contributed by atoms with van der Waals surface area (Å²) >= 11 is 5.92. The lowest BCUT2D eigenvalue weighted by Gasteiger charge is -2.09. The fourth-order valence-electron chi connectivity index (χ4n) is 1.00. The summed E-state index contributed by atoms with van der Waals surface area (Å²) in [5.41, 5.74) is 11.3. The fraction of sp³-hybridized carbons (Fsp3) is 0. The van der Waals surface area contributed by atoms with E-state index in [9.17, 15) is 9.59 Å². The SMILES string of the molecule is NC(=O)c1cc(I)c(C(N)=O)c(I)c1I. The Bertz CT molecular complexity index is 460. The Balaban J connectivity index is 3.58. The number of carbonyl (C=O) groups excluding carboxylic acids is 2. The number of hydrogen-bond acceptors (Lipinski definition) is 2. The summed E-state index contributed by atoms with van der Waals surface area (Å²) in [7, 11) is 0. The first-order valence-corrected chi connectivity index (χ1v) is 6.87. The van der Waals surface area contributed by atoms with Crippen LogP contribution in [0.5, 0.6) is 0 Å². The van der Waals surface area contributed by atoms with Crippen molar-refractivity contribution in [2.45, 2.75) is 0 Å². The Hall–Kier alpha value is 0.350. The van der Waals surface area contributed by atoms with Crippen LogP contribution in [0.1, 0.15) is 20.7 Å². The molecule has 0 aromatic heterocycles. The number of carbonyl (C=O) groups is 2. The van der Waals surface area contributed by atoms with Crippen LogP contribution in [0.25, 0.3) is 0 Å². The third-order valence-corrected chi connectivity index (χ3v) is 5.75. The van der Waals surface area contributed by atoms with Gasteiger partial charge in [0.2, 0.25) is 5.91 Å². The molecule has 1 aromatic carbocycles. The lowest BCUT2D eigenvalue weighted by Crippen LogP contribution is -2.19. The Morgan fingerprint density at radius 2 is 1.53 bits per heavy atom. The number of rotatable bonds is 2. The smallest absolute Gasteiger partial charge is 0.250 e. The van der Waals surface area contributed by atoms with Crippen LogP contribution in [0.4, 0.5) is 0 Å². The van der Waals surface area contributed by atoms with E-state index in [0.717, 1.165) is 0 Å². The van der Waals surface area contributed by atoms with Crippen LogP contribution in [0, 0.1) is 10.7 Å². The zero-order valence-electron chi connectivity index (χ0n) is 7.18. The summed E-state index contributed by atoms with van der Waals surface area (Å²) in [5.74, 6) is -1.01. The summed E-state index contributed by atoms with van der Waals surface area (Å²) in [6.45, 7) is 0. The van der Waals surface area contributed by atoms with Gasteiger partial charge in [0, 0.05) is 10.7 Å². The average Bonchev–Trinajstić information content (AvgIpc) is 2.10. The second-order valence-corrected chi connectivity index (χ2v) is 5.96. The molecule has 0 bridgehead atoms. The van der Waals surface area contributed by atoms with Gasteiger partial charge in [0.25, 0.3) is 5.91 Å². The van der Waals surface area contributed by atoms with Gasteiger partial charge in [-0.1, -0.05) is 0 Å². The Morgan fingerprint density at radius 3 is 1.93 bits per heavy atom. The van der Waals surface area contributed by atoms with Crippen LogP contribution in [0.3, 0.4) is 0 Å². The molecule has 15 heavy (non-hydrogen) atoms. The molecule has 4 nitrogen and oxygen atoms in total. The molecule has 1 rings (SSSR count). The highest BCUT2D eigenvalue weighted by molar-refractivity contribution is 14.1. The van der Waals surface area contributed by atoms with Gasteiger partial charge in [0.1, 0.15) is 0 Å². The maximum atomic E-state index is 11.2. The summed E-state index contributed by atoms with van der Waals surface area (Å²) in [6.07, 6.45) is 0. The monoisotopic (exact) mass is 542 g/mol. The normalized spacial score (nSPS) is 10.1. The minimum absolute atomic E-state index is 0.411. The maximum absolute atomic E-state index is 11.2. The highest BCUT2D eigenvalue weighted by Gasteiger charge is 2.19. The standard InChI is InChI=1S/C8H5I3N2O2/c9-3-1-2(7(12)14)5(10)6(11)4(3)8(13)15/h1H,(H2,12,14)(H2,13,15). The number of hydrogen-bond donors (Lipinski definition) is 2. The van der Waals surface area contributed by atoms with Crippen molar-refractivity contribution < 1.29 is 9.59 Å². The van der Waals surface area contributed by atoms with Crippen molar-refractivity contribution in [2.75, 3.05) is 0 Å². The van der Waals surface area contributed by atoms with Crippen LogP contribution in [-0.2, 0) is 0 Å². The van der Waals surface area contributed by atoms with Crippen molar-refractivity contribution in [1.29, 1.82) is 0 Å². The van der Waals surface area contributed by atoms with Crippen molar-refractivity contribution in [3.8, 4) is 0 Å². The number of benzene rings is 1. The van der Waals surface area contributed by atoms with Crippen LogP contribution in [-0.4, -0.2) is 11.8 Å². The Morgan fingerprint density at radius 1 is 1.00 bits per heavy atom. The van der Waals surface area contributed by atoms with Gasteiger partial charge < -0.3 is 11.5 Å². The molecule has 0 atom stereocenters. The molecular weight excluding hydrogens is 537 g/mol. The van der Waals surface area contributed by atoms with E-state index < -0.39 is 11.8 Å². The first-order valence-electron chi connectivity index (χ1n) is 3.63. The average molecular weight is 542 g/mol. The molecule has 0 aliphatic heterocycles. The summed E-state index contributed by atoms with van der Waals surface area (Å²) < 4.78 is 1.97. The molecule has 80 valence electrons. The number of nitrogens with two attached hydrogens (primary N) is 2. The first kappa shape index (κ1) is 13.4. The molecular formula is C8H5I3N2O2. The second kappa shape index (κ2) is 5.12. The molecule has 0 spiro atoms. The number of primary amides is 2. The van der Waals surface area contributed by atoms with Crippen molar-refractivity contribution in [3.63, 3.8) is 0 Å². The highest BCUT2D eigenvalue weighted by atomic mass is 127. The Labute approximate surface area is 127 Å². The van der Waals surface area contributed by atoms with E-state index >= 15 is 0 Å².